The molecule has 31 heavy (non-hydrogen) atoms. The molecule has 4 nitrogen and oxygen atoms in total. The van der Waals surface area contributed by atoms with E-state index in [9.17, 15) is 8.42 Å². The SMILES string of the molecule is Cc1cccc(NS(=O)(=O)c2ccc3c(c2)C2C=CCC2[C@H](c2cccc(Cl)c2)N3)c1. The van der Waals surface area contributed by atoms with Crippen molar-refractivity contribution in [1.29, 1.82) is 0 Å². The molecule has 1 aliphatic carbocycles. The van der Waals surface area contributed by atoms with Gasteiger partial charge in [0.2, 0.25) is 0 Å². The highest BCUT2D eigenvalue weighted by atomic mass is 35.5. The molecule has 3 aromatic carbocycles. The van der Waals surface area contributed by atoms with Gasteiger partial charge in [-0.25, -0.2) is 8.42 Å². The number of benzene rings is 3. The van der Waals surface area contributed by atoms with E-state index < -0.39 is 10.0 Å². The average Bonchev–Trinajstić information content (AvgIpc) is 3.23. The van der Waals surface area contributed by atoms with Gasteiger partial charge >= 0.3 is 0 Å². The summed E-state index contributed by atoms with van der Waals surface area (Å²) in [6.07, 6.45) is 5.33. The lowest BCUT2D eigenvalue weighted by Crippen LogP contribution is -2.29. The van der Waals surface area contributed by atoms with Gasteiger partial charge in [-0.3, -0.25) is 4.72 Å². The molecule has 6 heteroatoms. The van der Waals surface area contributed by atoms with Crippen molar-refractivity contribution in [2.24, 2.45) is 5.92 Å². The number of aryl methyl sites for hydroxylation is 1. The van der Waals surface area contributed by atoms with Crippen molar-refractivity contribution >= 4 is 33.0 Å². The Kier molecular flexibility index (Phi) is 5.03. The van der Waals surface area contributed by atoms with Crippen molar-refractivity contribution in [3.05, 3.63) is 101 Å². The lowest BCUT2D eigenvalue weighted by molar-refractivity contribution is 0.425. The molecule has 0 aromatic heterocycles. The van der Waals surface area contributed by atoms with E-state index in [4.69, 9.17) is 11.6 Å². The van der Waals surface area contributed by atoms with Crippen molar-refractivity contribution in [3.8, 4) is 0 Å². The fourth-order valence-electron chi connectivity index (χ4n) is 4.69. The number of anilines is 2. The maximum Gasteiger partial charge on any atom is 0.261 e. The van der Waals surface area contributed by atoms with Gasteiger partial charge in [-0.1, -0.05) is 48.0 Å². The smallest absolute Gasteiger partial charge is 0.261 e. The second-order valence-corrected chi connectivity index (χ2v) is 10.4. The van der Waals surface area contributed by atoms with Gasteiger partial charge < -0.3 is 5.32 Å². The quantitative estimate of drug-likeness (QED) is 0.460. The minimum Gasteiger partial charge on any atom is -0.378 e. The molecule has 3 atom stereocenters. The number of hydrogen-bond donors (Lipinski definition) is 2. The van der Waals surface area contributed by atoms with Crippen LogP contribution in [-0.4, -0.2) is 8.42 Å². The Morgan fingerprint density at radius 2 is 1.87 bits per heavy atom. The van der Waals surface area contributed by atoms with Crippen LogP contribution in [0.3, 0.4) is 0 Å². The molecule has 0 bridgehead atoms. The van der Waals surface area contributed by atoms with Crippen LogP contribution in [0.5, 0.6) is 0 Å². The summed E-state index contributed by atoms with van der Waals surface area (Å²) in [5, 5.41) is 4.35. The Hall–Kier alpha value is -2.76. The lowest BCUT2D eigenvalue weighted by atomic mass is 9.77. The normalized spacial score (nSPS) is 21.8. The van der Waals surface area contributed by atoms with E-state index in [1.54, 1.807) is 12.1 Å². The Morgan fingerprint density at radius 1 is 1.03 bits per heavy atom. The van der Waals surface area contributed by atoms with E-state index in [0.29, 0.717) is 11.6 Å². The van der Waals surface area contributed by atoms with Crippen molar-refractivity contribution in [2.45, 2.75) is 30.2 Å². The van der Waals surface area contributed by atoms with Crippen LogP contribution < -0.4 is 10.0 Å². The summed E-state index contributed by atoms with van der Waals surface area (Å²) in [5.74, 6) is 0.475. The molecule has 5 rings (SSSR count). The zero-order valence-corrected chi connectivity index (χ0v) is 18.6. The maximum absolute atomic E-state index is 13.0. The van der Waals surface area contributed by atoms with Crippen molar-refractivity contribution in [3.63, 3.8) is 0 Å². The molecule has 2 N–H and O–H groups in total. The van der Waals surface area contributed by atoms with Crippen LogP contribution in [0.2, 0.25) is 5.02 Å². The predicted molar refractivity (Wildman–Crippen MR) is 126 cm³/mol. The third-order valence-corrected chi connectivity index (χ3v) is 7.74. The summed E-state index contributed by atoms with van der Waals surface area (Å²) in [6.45, 7) is 1.94. The van der Waals surface area contributed by atoms with Gasteiger partial charge in [0.15, 0.2) is 0 Å². The molecule has 158 valence electrons. The molecule has 0 spiro atoms. The number of rotatable bonds is 4. The summed E-state index contributed by atoms with van der Waals surface area (Å²) >= 11 is 6.24. The molecule has 0 saturated carbocycles. The van der Waals surface area contributed by atoms with Crippen LogP contribution in [0.4, 0.5) is 11.4 Å². The molecule has 0 fully saturated rings. The molecule has 1 aliphatic heterocycles. The van der Waals surface area contributed by atoms with Crippen molar-refractivity contribution < 1.29 is 8.42 Å². The molecule has 2 unspecified atom stereocenters. The minimum atomic E-state index is -3.68. The maximum atomic E-state index is 13.0. The molecule has 0 saturated heterocycles. The second kappa shape index (κ2) is 7.74. The van der Waals surface area contributed by atoms with Gasteiger partial charge in [0, 0.05) is 22.3 Å². The number of allylic oxidation sites excluding steroid dienone is 2. The standard InChI is InChI=1S/C25H23ClN2O2S/c1-16-5-2-8-19(13-16)28-31(29,30)20-11-12-24-23(15-20)21-9-4-10-22(21)25(27-24)17-6-3-7-18(26)14-17/h2-9,11-15,21-22,25,27-28H,10H2,1H3/t21?,22?,25-/m0/s1. The van der Waals surface area contributed by atoms with Gasteiger partial charge in [-0.15, -0.1) is 0 Å². The molecule has 0 amide bonds. The first kappa shape index (κ1) is 20.2. The first-order chi connectivity index (χ1) is 14.9. The van der Waals surface area contributed by atoms with Gasteiger partial charge in [0.25, 0.3) is 10.0 Å². The fraction of sp³-hybridized carbons (Fsp3) is 0.200. The van der Waals surface area contributed by atoms with Gasteiger partial charge in [0.05, 0.1) is 10.9 Å². The highest BCUT2D eigenvalue weighted by Gasteiger charge is 2.38. The number of halogens is 1. The average molecular weight is 451 g/mol. The lowest BCUT2D eigenvalue weighted by Gasteiger charge is -2.37. The monoisotopic (exact) mass is 450 g/mol. The van der Waals surface area contributed by atoms with E-state index in [2.05, 4.69) is 28.3 Å². The van der Waals surface area contributed by atoms with Crippen LogP contribution >= 0.6 is 11.6 Å². The van der Waals surface area contributed by atoms with Crippen LogP contribution in [0.1, 0.15) is 35.1 Å². The van der Waals surface area contributed by atoms with E-state index in [-0.39, 0.29) is 16.9 Å². The number of hydrogen-bond acceptors (Lipinski definition) is 3. The van der Waals surface area contributed by atoms with Gasteiger partial charge in [0.1, 0.15) is 0 Å². The minimum absolute atomic E-state index is 0.124. The zero-order valence-electron chi connectivity index (χ0n) is 17.0. The van der Waals surface area contributed by atoms with E-state index in [1.807, 2.05) is 55.5 Å². The largest absolute Gasteiger partial charge is 0.378 e. The van der Waals surface area contributed by atoms with Gasteiger partial charge in [-0.2, -0.15) is 0 Å². The molecular weight excluding hydrogens is 428 g/mol. The first-order valence-electron chi connectivity index (χ1n) is 10.3. The van der Waals surface area contributed by atoms with Crippen LogP contribution in [0, 0.1) is 12.8 Å². The summed E-state index contributed by atoms with van der Waals surface area (Å²) in [4.78, 5) is 0.273. The summed E-state index contributed by atoms with van der Waals surface area (Å²) in [6, 6.07) is 20.8. The fourth-order valence-corrected chi connectivity index (χ4v) is 5.98. The highest BCUT2D eigenvalue weighted by molar-refractivity contribution is 7.92. The Balaban J connectivity index is 1.50. The molecule has 3 aromatic rings. The Labute approximate surface area is 188 Å². The van der Waals surface area contributed by atoms with Crippen LogP contribution in [-0.2, 0) is 10.0 Å². The predicted octanol–water partition coefficient (Wildman–Crippen LogP) is 6.28. The molecule has 2 aliphatic rings. The zero-order chi connectivity index (χ0) is 21.6. The molecular formula is C25H23ClN2O2S. The molecule has 1 heterocycles. The van der Waals surface area contributed by atoms with Crippen molar-refractivity contribution in [2.75, 3.05) is 10.0 Å². The van der Waals surface area contributed by atoms with Gasteiger partial charge in [-0.05, 0) is 78.4 Å². The first-order valence-corrected chi connectivity index (χ1v) is 12.2. The van der Waals surface area contributed by atoms with E-state index in [1.165, 1.54) is 0 Å². The molecule has 0 radical (unpaired) electrons. The highest BCUT2D eigenvalue weighted by Crippen LogP contribution is 2.50. The van der Waals surface area contributed by atoms with Crippen LogP contribution in [0.25, 0.3) is 0 Å². The number of sulfonamides is 1. The number of fused-ring (bicyclic) bond motifs is 3. The summed E-state index contributed by atoms with van der Waals surface area (Å²) in [7, 11) is -3.68. The topological polar surface area (TPSA) is 58.2 Å². The van der Waals surface area contributed by atoms with Crippen molar-refractivity contribution in [1.82, 2.24) is 0 Å². The summed E-state index contributed by atoms with van der Waals surface area (Å²) in [5.41, 5.74) is 4.70. The van der Waals surface area contributed by atoms with E-state index >= 15 is 0 Å². The Bertz CT molecular complexity index is 1290. The third kappa shape index (κ3) is 3.84. The third-order valence-electron chi connectivity index (χ3n) is 6.12. The summed E-state index contributed by atoms with van der Waals surface area (Å²) < 4.78 is 28.8. The van der Waals surface area contributed by atoms with E-state index in [0.717, 1.165) is 33.8 Å². The number of nitrogens with one attached hydrogen (secondary N) is 2. The second-order valence-electron chi connectivity index (χ2n) is 8.25. The Morgan fingerprint density at radius 3 is 2.68 bits per heavy atom. The van der Waals surface area contributed by atoms with Crippen LogP contribution in [0.15, 0.2) is 83.8 Å².